The van der Waals surface area contributed by atoms with Crippen molar-refractivity contribution < 1.29 is 19.1 Å². The molecule has 4 atom stereocenters. The molecule has 6 nitrogen and oxygen atoms in total. The summed E-state index contributed by atoms with van der Waals surface area (Å²) in [6, 6.07) is 8.47. The molecule has 0 unspecified atom stereocenters. The van der Waals surface area contributed by atoms with Crippen LogP contribution in [-0.4, -0.2) is 40.6 Å². The quantitative estimate of drug-likeness (QED) is 0.377. The lowest BCUT2D eigenvalue weighted by molar-refractivity contribution is -0.125. The molecule has 0 aromatic heterocycles. The third-order valence-electron chi connectivity index (χ3n) is 8.63. The number of hydrogen-bond acceptors (Lipinski definition) is 4. The number of rotatable bonds is 4. The molecule has 2 heterocycles. The second-order valence-electron chi connectivity index (χ2n) is 12.9. The number of aliphatic hydroxyl groups is 1. The maximum atomic E-state index is 15.8. The van der Waals surface area contributed by atoms with E-state index in [-0.39, 0.29) is 33.9 Å². The Kier molecular flexibility index (Phi) is 7.28. The third kappa shape index (κ3) is 5.08. The number of carbonyl (C=O) groups excluding carboxylic acids is 2. The minimum atomic E-state index is -1.28. The average Bonchev–Trinajstić information content (AvgIpc) is 3.31. The van der Waals surface area contributed by atoms with Gasteiger partial charge in [0, 0.05) is 28.7 Å². The van der Waals surface area contributed by atoms with E-state index in [0.29, 0.717) is 48.4 Å². The van der Waals surface area contributed by atoms with Gasteiger partial charge in [-0.1, -0.05) is 62.2 Å². The van der Waals surface area contributed by atoms with E-state index in [0.717, 1.165) is 0 Å². The summed E-state index contributed by atoms with van der Waals surface area (Å²) in [4.78, 5) is 28.2. The van der Waals surface area contributed by atoms with Crippen LogP contribution in [0, 0.1) is 11.2 Å². The Balaban J connectivity index is 1.65. The number of nitrogens with one attached hydrogen (secondary N) is 3. The predicted octanol–water partition coefficient (Wildman–Crippen LogP) is 5.69. The Bertz CT molecular complexity index is 1300. The molecule has 1 saturated carbocycles. The molecule has 2 aromatic carbocycles. The zero-order valence-corrected chi connectivity index (χ0v) is 24.2. The maximum Gasteiger partial charge on any atom is 0.238 e. The van der Waals surface area contributed by atoms with Crippen LogP contribution in [0.15, 0.2) is 36.4 Å². The number of benzene rings is 2. The van der Waals surface area contributed by atoms with Crippen LogP contribution in [0.4, 0.5) is 10.1 Å². The van der Waals surface area contributed by atoms with Gasteiger partial charge in [-0.25, -0.2) is 4.39 Å². The number of hydrogen-bond donors (Lipinski definition) is 4. The van der Waals surface area contributed by atoms with Crippen LogP contribution in [0.1, 0.15) is 76.8 Å². The normalized spacial score (nSPS) is 32.3. The first-order chi connectivity index (χ1) is 18.2. The van der Waals surface area contributed by atoms with Crippen molar-refractivity contribution in [2.75, 3.05) is 5.32 Å². The van der Waals surface area contributed by atoms with Crippen LogP contribution in [-0.2, 0) is 15.0 Å². The van der Waals surface area contributed by atoms with Gasteiger partial charge in [0.25, 0.3) is 0 Å². The highest BCUT2D eigenvalue weighted by Crippen LogP contribution is 2.57. The molecule has 2 aliphatic heterocycles. The van der Waals surface area contributed by atoms with E-state index in [1.54, 1.807) is 24.3 Å². The van der Waals surface area contributed by atoms with E-state index in [1.165, 1.54) is 6.07 Å². The van der Waals surface area contributed by atoms with Gasteiger partial charge >= 0.3 is 0 Å². The number of halogens is 3. The summed E-state index contributed by atoms with van der Waals surface area (Å²) in [6.45, 7) is 8.04. The summed E-state index contributed by atoms with van der Waals surface area (Å²) in [5.74, 6) is -2.10. The Morgan fingerprint density at radius 2 is 1.87 bits per heavy atom. The first-order valence-electron chi connectivity index (χ1n) is 13.6. The molecule has 1 spiro atoms. The largest absolute Gasteiger partial charge is 0.390 e. The average molecular weight is 577 g/mol. The molecular weight excluding hydrogens is 540 g/mol. The summed E-state index contributed by atoms with van der Waals surface area (Å²) in [5.41, 5.74) is -0.762. The monoisotopic (exact) mass is 575 g/mol. The summed E-state index contributed by atoms with van der Waals surface area (Å²) in [7, 11) is 0. The molecule has 2 fully saturated rings. The molecule has 0 radical (unpaired) electrons. The fourth-order valence-electron chi connectivity index (χ4n) is 6.83. The second-order valence-corrected chi connectivity index (χ2v) is 13.7. The summed E-state index contributed by atoms with van der Waals surface area (Å²) < 4.78 is 15.8. The van der Waals surface area contributed by atoms with Crippen LogP contribution in [0.3, 0.4) is 0 Å². The highest BCUT2D eigenvalue weighted by Gasteiger charge is 2.66. The second kappa shape index (κ2) is 10.0. The summed E-state index contributed by atoms with van der Waals surface area (Å²) in [5, 5.41) is 20.4. The van der Waals surface area contributed by atoms with Gasteiger partial charge < -0.3 is 21.1 Å². The van der Waals surface area contributed by atoms with Crippen LogP contribution in [0.5, 0.6) is 0 Å². The van der Waals surface area contributed by atoms with Gasteiger partial charge in [0.05, 0.1) is 16.7 Å². The number of fused-ring (bicyclic) bond motifs is 2. The van der Waals surface area contributed by atoms with Crippen molar-refractivity contribution in [3.05, 3.63) is 63.4 Å². The van der Waals surface area contributed by atoms with E-state index in [9.17, 15) is 14.7 Å². The first-order valence-corrected chi connectivity index (χ1v) is 14.3. The zero-order valence-electron chi connectivity index (χ0n) is 22.7. The van der Waals surface area contributed by atoms with Gasteiger partial charge in [0.2, 0.25) is 11.8 Å². The molecule has 2 aromatic rings. The molecule has 4 N–H and O–H groups in total. The summed E-state index contributed by atoms with van der Waals surface area (Å²) in [6.07, 6.45) is 2.99. The lowest BCUT2D eigenvalue weighted by atomic mass is 9.62. The van der Waals surface area contributed by atoms with Crippen LogP contribution in [0.25, 0.3) is 0 Å². The van der Waals surface area contributed by atoms with Crippen molar-refractivity contribution in [2.45, 2.75) is 94.9 Å². The fourth-order valence-corrected chi connectivity index (χ4v) is 7.18. The smallest absolute Gasteiger partial charge is 0.238 e. The minimum absolute atomic E-state index is 0.0645. The van der Waals surface area contributed by atoms with Crippen LogP contribution >= 0.6 is 23.2 Å². The molecule has 1 aliphatic carbocycles. The number of amides is 2. The molecular formula is C30H36Cl2FN3O3. The Labute approximate surface area is 239 Å². The molecule has 2 amide bonds. The third-order valence-corrected chi connectivity index (χ3v) is 9.16. The first kappa shape index (κ1) is 28.3. The van der Waals surface area contributed by atoms with Gasteiger partial charge in [-0.15, -0.1) is 0 Å². The van der Waals surface area contributed by atoms with Gasteiger partial charge in [-0.2, -0.15) is 0 Å². The van der Waals surface area contributed by atoms with Crippen molar-refractivity contribution in [2.24, 2.45) is 5.41 Å². The SMILES string of the molecule is CC(C)(C)C[C@H]1N[C@@H](C(=O)NC2CCC(C)(O)CC2)[C@H](c2cccc(Cl)c2F)[C@@]12C(=O)Nc1cc(Cl)ccc12. The van der Waals surface area contributed by atoms with E-state index in [4.69, 9.17) is 23.2 Å². The highest BCUT2D eigenvalue weighted by molar-refractivity contribution is 6.31. The maximum absolute atomic E-state index is 15.8. The van der Waals surface area contributed by atoms with Crippen molar-refractivity contribution in [1.29, 1.82) is 0 Å². The number of carbonyl (C=O) groups is 2. The fraction of sp³-hybridized carbons (Fsp3) is 0.533. The Morgan fingerprint density at radius 1 is 1.18 bits per heavy atom. The van der Waals surface area contributed by atoms with Crippen molar-refractivity contribution >= 4 is 40.7 Å². The minimum Gasteiger partial charge on any atom is -0.390 e. The van der Waals surface area contributed by atoms with Gasteiger partial charge in [-0.05, 0) is 73.8 Å². The zero-order chi connectivity index (χ0) is 28.3. The lowest BCUT2D eigenvalue weighted by Gasteiger charge is -2.38. The molecule has 5 rings (SSSR count). The highest BCUT2D eigenvalue weighted by atomic mass is 35.5. The van der Waals surface area contributed by atoms with Crippen LogP contribution < -0.4 is 16.0 Å². The molecule has 39 heavy (non-hydrogen) atoms. The molecule has 1 saturated heterocycles. The Morgan fingerprint density at radius 3 is 2.54 bits per heavy atom. The predicted molar refractivity (Wildman–Crippen MR) is 152 cm³/mol. The van der Waals surface area contributed by atoms with Crippen molar-refractivity contribution in [3.8, 4) is 0 Å². The molecule has 3 aliphatic rings. The topological polar surface area (TPSA) is 90.5 Å². The van der Waals surface area contributed by atoms with E-state index < -0.39 is 34.8 Å². The van der Waals surface area contributed by atoms with E-state index in [1.807, 2.05) is 13.0 Å². The molecule has 9 heteroatoms. The standard InChI is InChI=1S/C30H36Cl2FN3O3/c1-28(2,3)15-22-30(19-9-8-16(31)14-21(19)35-27(30)38)23(18-6-5-7-20(32)24(18)33)25(36-22)26(37)34-17-10-12-29(4,39)13-11-17/h5-9,14,17,22-23,25,36,39H,10-13,15H2,1-4H3,(H,34,37)(H,35,38)/t17?,22-,23+,25-,29?,30+/m1/s1. The van der Waals surface area contributed by atoms with Crippen molar-refractivity contribution in [3.63, 3.8) is 0 Å². The molecule has 0 bridgehead atoms. The lowest BCUT2D eigenvalue weighted by Crippen LogP contribution is -2.50. The Hall–Kier alpha value is -2.19. The van der Waals surface area contributed by atoms with Crippen molar-refractivity contribution in [1.82, 2.24) is 10.6 Å². The van der Waals surface area contributed by atoms with E-state index in [2.05, 4.69) is 36.7 Å². The number of anilines is 1. The van der Waals surface area contributed by atoms with Gasteiger partial charge in [0.15, 0.2) is 0 Å². The van der Waals surface area contributed by atoms with Gasteiger partial charge in [-0.3, -0.25) is 9.59 Å². The summed E-state index contributed by atoms with van der Waals surface area (Å²) >= 11 is 12.5. The van der Waals surface area contributed by atoms with Gasteiger partial charge in [0.1, 0.15) is 11.2 Å². The van der Waals surface area contributed by atoms with Crippen LogP contribution in [0.2, 0.25) is 10.0 Å². The molecule has 210 valence electrons. The van der Waals surface area contributed by atoms with E-state index >= 15 is 4.39 Å².